The maximum atomic E-state index is 12.6. The summed E-state index contributed by atoms with van der Waals surface area (Å²) >= 11 is 0. The van der Waals surface area contributed by atoms with Crippen LogP contribution in [0.3, 0.4) is 0 Å². The number of phosphoric ester groups is 1. The Bertz CT molecular complexity index is 975. The molecule has 0 heterocycles. The molecule has 9 nitrogen and oxygen atoms in total. The summed E-state index contributed by atoms with van der Waals surface area (Å²) in [5.41, 5.74) is 0. The van der Waals surface area contributed by atoms with Gasteiger partial charge in [0.15, 0.2) is 6.10 Å². The van der Waals surface area contributed by atoms with Crippen LogP contribution in [0.4, 0.5) is 0 Å². The Hall–Kier alpha value is -1.77. The average molecular weight is 743 g/mol. The third kappa shape index (κ3) is 37.8. The number of allylic oxidation sites excluding steroid dienone is 6. The zero-order valence-electron chi connectivity index (χ0n) is 33.3. The lowest BCUT2D eigenvalue weighted by Gasteiger charge is -2.24. The first-order valence-corrected chi connectivity index (χ1v) is 21.7. The molecule has 0 aliphatic rings. The van der Waals surface area contributed by atoms with Crippen molar-refractivity contribution in [3.63, 3.8) is 0 Å². The van der Waals surface area contributed by atoms with Gasteiger partial charge in [0, 0.05) is 12.8 Å². The predicted octanol–water partition coefficient (Wildman–Crippen LogP) is 11.0. The highest BCUT2D eigenvalue weighted by Crippen LogP contribution is 2.43. The van der Waals surface area contributed by atoms with Gasteiger partial charge in [-0.1, -0.05) is 115 Å². The molecule has 1 N–H and O–H groups in total. The van der Waals surface area contributed by atoms with Crippen molar-refractivity contribution in [2.75, 3.05) is 47.5 Å². The van der Waals surface area contributed by atoms with E-state index in [0.717, 1.165) is 64.2 Å². The molecule has 51 heavy (non-hydrogen) atoms. The number of nitrogens with zero attached hydrogens (tertiary/aromatic N) is 1. The molecule has 0 aromatic heterocycles. The highest BCUT2D eigenvalue weighted by molar-refractivity contribution is 7.47. The summed E-state index contributed by atoms with van der Waals surface area (Å²) in [6, 6.07) is 0. The molecular formula is C41H77NO8P+. The van der Waals surface area contributed by atoms with Crippen molar-refractivity contribution >= 4 is 19.8 Å². The van der Waals surface area contributed by atoms with Gasteiger partial charge in [-0.3, -0.25) is 18.6 Å². The van der Waals surface area contributed by atoms with E-state index in [2.05, 4.69) is 50.3 Å². The van der Waals surface area contributed by atoms with E-state index >= 15 is 0 Å². The zero-order valence-corrected chi connectivity index (χ0v) is 34.2. The van der Waals surface area contributed by atoms with Gasteiger partial charge in [0.2, 0.25) is 0 Å². The number of quaternary nitrogens is 1. The second kappa shape index (κ2) is 34.0. The molecule has 1 unspecified atom stereocenters. The minimum Gasteiger partial charge on any atom is -0.462 e. The molecule has 0 fully saturated rings. The van der Waals surface area contributed by atoms with E-state index in [1.54, 1.807) is 0 Å². The molecule has 2 atom stereocenters. The molecule has 0 saturated carbocycles. The van der Waals surface area contributed by atoms with Crippen molar-refractivity contribution in [3.05, 3.63) is 36.5 Å². The van der Waals surface area contributed by atoms with E-state index in [4.69, 9.17) is 18.5 Å². The average Bonchev–Trinajstić information content (AvgIpc) is 3.07. The van der Waals surface area contributed by atoms with Gasteiger partial charge in [0.25, 0.3) is 0 Å². The van der Waals surface area contributed by atoms with Gasteiger partial charge in [0.1, 0.15) is 19.8 Å². The lowest BCUT2D eigenvalue weighted by Crippen LogP contribution is -2.37. The molecule has 0 amide bonds. The van der Waals surface area contributed by atoms with E-state index in [1.165, 1.54) is 57.8 Å². The van der Waals surface area contributed by atoms with Crippen molar-refractivity contribution in [1.82, 2.24) is 0 Å². The first-order chi connectivity index (χ1) is 24.5. The van der Waals surface area contributed by atoms with Gasteiger partial charge < -0.3 is 18.9 Å². The quantitative estimate of drug-likeness (QED) is 0.0222. The van der Waals surface area contributed by atoms with Crippen molar-refractivity contribution in [2.45, 2.75) is 168 Å². The zero-order chi connectivity index (χ0) is 37.9. The fourth-order valence-corrected chi connectivity index (χ4v) is 5.90. The summed E-state index contributed by atoms with van der Waals surface area (Å²) in [6.07, 6.45) is 36.2. The lowest BCUT2D eigenvalue weighted by atomic mass is 10.1. The van der Waals surface area contributed by atoms with Crippen molar-refractivity contribution in [1.29, 1.82) is 0 Å². The predicted molar refractivity (Wildman–Crippen MR) is 210 cm³/mol. The van der Waals surface area contributed by atoms with Crippen LogP contribution in [0, 0.1) is 0 Å². The first-order valence-electron chi connectivity index (χ1n) is 20.2. The standard InChI is InChI=1S/C41H76NO8P/c1-6-8-10-12-14-16-18-20-21-22-24-25-27-29-31-33-40(43)47-37-39(38-49-51(45,46)48-36-35-42(3,4)5)50-41(44)34-32-30-28-26-23-19-17-15-13-11-9-7-2/h15,17,20-21,24-25,39H,6-14,16,18-19,22-23,26-38H2,1-5H3/p+1/b17-15+,21-20+,25-24+/t39-/m1/s1. The summed E-state index contributed by atoms with van der Waals surface area (Å²) in [4.78, 5) is 35.2. The molecule has 10 heteroatoms. The summed E-state index contributed by atoms with van der Waals surface area (Å²) in [7, 11) is 1.45. The van der Waals surface area contributed by atoms with Crippen molar-refractivity contribution in [3.8, 4) is 0 Å². The molecule has 0 saturated heterocycles. The molecule has 0 aliphatic carbocycles. The van der Waals surface area contributed by atoms with Crippen LogP contribution in [0.25, 0.3) is 0 Å². The number of carbonyl (C=O) groups excluding carboxylic acids is 2. The Labute approximate surface area is 312 Å². The minimum absolute atomic E-state index is 0.0249. The second-order valence-electron chi connectivity index (χ2n) is 14.7. The second-order valence-corrected chi connectivity index (χ2v) is 16.1. The molecule has 0 spiro atoms. The van der Waals surface area contributed by atoms with Gasteiger partial charge >= 0.3 is 19.8 Å². The molecule has 0 rings (SSSR count). The van der Waals surface area contributed by atoms with E-state index in [9.17, 15) is 19.0 Å². The Morgan fingerprint density at radius 2 is 1.06 bits per heavy atom. The van der Waals surface area contributed by atoms with Gasteiger partial charge in [-0.25, -0.2) is 4.57 Å². The molecule has 298 valence electrons. The molecular weight excluding hydrogens is 665 g/mol. The van der Waals surface area contributed by atoms with Crippen LogP contribution in [0.15, 0.2) is 36.5 Å². The fourth-order valence-electron chi connectivity index (χ4n) is 5.15. The van der Waals surface area contributed by atoms with E-state index in [-0.39, 0.29) is 26.1 Å². The van der Waals surface area contributed by atoms with E-state index in [0.29, 0.717) is 23.9 Å². The lowest BCUT2D eigenvalue weighted by molar-refractivity contribution is -0.870. The Balaban J connectivity index is 4.48. The molecule has 0 radical (unpaired) electrons. The number of rotatable bonds is 36. The maximum Gasteiger partial charge on any atom is 0.472 e. The smallest absolute Gasteiger partial charge is 0.462 e. The largest absolute Gasteiger partial charge is 0.472 e. The summed E-state index contributed by atoms with van der Waals surface area (Å²) in [5, 5.41) is 0. The van der Waals surface area contributed by atoms with Crippen LogP contribution < -0.4 is 0 Å². The monoisotopic (exact) mass is 743 g/mol. The fraction of sp³-hybridized carbons (Fsp3) is 0.805. The summed E-state index contributed by atoms with van der Waals surface area (Å²) in [6.45, 7) is 4.33. The summed E-state index contributed by atoms with van der Waals surface area (Å²) in [5.74, 6) is -0.850. The number of phosphoric acid groups is 1. The molecule has 0 aromatic rings. The number of hydrogen-bond acceptors (Lipinski definition) is 7. The third-order valence-electron chi connectivity index (χ3n) is 8.39. The number of likely N-dealkylation sites (N-methyl/N-ethyl adjacent to an activating group) is 1. The van der Waals surface area contributed by atoms with Crippen molar-refractivity contribution in [2.24, 2.45) is 0 Å². The topological polar surface area (TPSA) is 108 Å². The third-order valence-corrected chi connectivity index (χ3v) is 9.38. The molecule has 0 aliphatic heterocycles. The van der Waals surface area contributed by atoms with Crippen LogP contribution in [-0.2, 0) is 32.7 Å². The molecule has 0 aromatic carbocycles. The number of esters is 2. The van der Waals surface area contributed by atoms with Crippen molar-refractivity contribution < 1.29 is 42.1 Å². The first kappa shape index (κ1) is 49.2. The summed E-state index contributed by atoms with van der Waals surface area (Å²) < 4.78 is 34.1. The minimum atomic E-state index is -4.38. The Morgan fingerprint density at radius 1 is 0.608 bits per heavy atom. The van der Waals surface area contributed by atoms with Gasteiger partial charge in [0.05, 0.1) is 27.7 Å². The number of hydrogen-bond donors (Lipinski definition) is 1. The van der Waals surface area contributed by atoms with Crippen LogP contribution in [-0.4, -0.2) is 74.9 Å². The van der Waals surface area contributed by atoms with Crippen LogP contribution in [0.5, 0.6) is 0 Å². The Morgan fingerprint density at radius 3 is 1.65 bits per heavy atom. The SMILES string of the molecule is CCCCC/C=C/CCCCCCCC(=O)O[C@H](COC(=O)CCCC/C=C/C/C=C/CCCCCCCC)COP(=O)(O)OCC[N+](C)(C)C. The Kier molecular flexibility index (Phi) is 32.8. The number of ether oxygens (including phenoxy) is 2. The van der Waals surface area contributed by atoms with Gasteiger partial charge in [-0.15, -0.1) is 0 Å². The maximum absolute atomic E-state index is 12.6. The van der Waals surface area contributed by atoms with Gasteiger partial charge in [-0.05, 0) is 70.6 Å². The van der Waals surface area contributed by atoms with Gasteiger partial charge in [-0.2, -0.15) is 0 Å². The van der Waals surface area contributed by atoms with Crippen LogP contribution in [0.1, 0.15) is 162 Å². The highest BCUT2D eigenvalue weighted by atomic mass is 31.2. The molecule has 0 bridgehead atoms. The number of unbranched alkanes of at least 4 members (excludes halogenated alkanes) is 16. The van der Waals surface area contributed by atoms with Crippen LogP contribution in [0.2, 0.25) is 0 Å². The normalized spacial score (nSPS) is 14.1. The van der Waals surface area contributed by atoms with E-state index < -0.39 is 32.5 Å². The number of carbonyl (C=O) groups is 2. The van der Waals surface area contributed by atoms with Crippen LogP contribution >= 0.6 is 7.82 Å². The van der Waals surface area contributed by atoms with E-state index in [1.807, 2.05) is 21.1 Å². The highest BCUT2D eigenvalue weighted by Gasteiger charge is 2.27.